The van der Waals surface area contributed by atoms with Crippen molar-refractivity contribution in [3.8, 4) is 11.1 Å². The predicted octanol–water partition coefficient (Wildman–Crippen LogP) is 4.20. The van der Waals surface area contributed by atoms with Crippen molar-refractivity contribution >= 4 is 34.8 Å². The summed E-state index contributed by atoms with van der Waals surface area (Å²) in [5.41, 5.74) is 1.91. The van der Waals surface area contributed by atoms with E-state index in [4.69, 9.17) is 34.8 Å². The fourth-order valence-electron chi connectivity index (χ4n) is 1.54. The van der Waals surface area contributed by atoms with Gasteiger partial charge in [-0.2, -0.15) is 0 Å². The largest absolute Gasteiger partial charge is 0.390 e. The molecular formula is C12H8Cl3NO. The zero-order valence-electron chi connectivity index (χ0n) is 8.62. The Morgan fingerprint density at radius 3 is 2.59 bits per heavy atom. The van der Waals surface area contributed by atoms with Gasteiger partial charge < -0.3 is 5.11 Å². The monoisotopic (exact) mass is 287 g/mol. The second-order valence-corrected chi connectivity index (χ2v) is 4.63. The Balaban J connectivity index is 2.67. The van der Waals surface area contributed by atoms with Crippen LogP contribution in [0.5, 0.6) is 0 Å². The van der Waals surface area contributed by atoms with Crippen LogP contribution in [0.1, 0.15) is 5.69 Å². The topological polar surface area (TPSA) is 33.1 Å². The van der Waals surface area contributed by atoms with Crippen LogP contribution in [0, 0.1) is 0 Å². The molecule has 1 aromatic heterocycles. The molecule has 2 aromatic rings. The van der Waals surface area contributed by atoms with Crippen LogP contribution in [0.2, 0.25) is 15.1 Å². The normalized spacial score (nSPS) is 10.6. The number of hydrogen-bond donors (Lipinski definition) is 1. The second kappa shape index (κ2) is 5.23. The molecule has 0 spiro atoms. The van der Waals surface area contributed by atoms with E-state index in [-0.39, 0.29) is 6.61 Å². The Kier molecular flexibility index (Phi) is 3.89. The molecular weight excluding hydrogens is 280 g/mol. The quantitative estimate of drug-likeness (QED) is 0.898. The summed E-state index contributed by atoms with van der Waals surface area (Å²) in [6, 6.07) is 6.99. The van der Waals surface area contributed by atoms with Crippen LogP contribution in [-0.4, -0.2) is 10.1 Å². The minimum atomic E-state index is -0.185. The van der Waals surface area contributed by atoms with Crippen LogP contribution >= 0.6 is 34.8 Å². The summed E-state index contributed by atoms with van der Waals surface area (Å²) < 4.78 is 0. The van der Waals surface area contributed by atoms with Crippen LogP contribution in [0.25, 0.3) is 11.1 Å². The molecule has 0 aliphatic heterocycles. The molecule has 1 aromatic carbocycles. The molecule has 0 amide bonds. The van der Waals surface area contributed by atoms with Gasteiger partial charge in [-0.3, -0.25) is 4.98 Å². The summed E-state index contributed by atoms with van der Waals surface area (Å²) in [6.07, 6.45) is 1.48. The first-order valence-corrected chi connectivity index (χ1v) is 5.96. The van der Waals surface area contributed by atoms with E-state index in [0.29, 0.717) is 31.9 Å². The number of halogens is 3. The number of pyridine rings is 1. The highest BCUT2D eigenvalue weighted by molar-refractivity contribution is 6.43. The molecule has 1 heterocycles. The molecule has 17 heavy (non-hydrogen) atoms. The first-order valence-electron chi connectivity index (χ1n) is 4.83. The minimum Gasteiger partial charge on any atom is -0.390 e. The Morgan fingerprint density at radius 1 is 1.12 bits per heavy atom. The van der Waals surface area contributed by atoms with Crippen molar-refractivity contribution in [3.05, 3.63) is 51.2 Å². The number of nitrogens with zero attached hydrogens (tertiary/aromatic N) is 1. The third-order valence-corrected chi connectivity index (χ3v) is 3.35. The molecule has 0 aliphatic carbocycles. The summed E-state index contributed by atoms with van der Waals surface area (Å²) >= 11 is 18.0. The summed E-state index contributed by atoms with van der Waals surface area (Å²) in [7, 11) is 0. The highest BCUT2D eigenvalue weighted by Gasteiger charge is 2.12. The molecule has 0 atom stereocenters. The van der Waals surface area contributed by atoms with Gasteiger partial charge in [0.1, 0.15) is 0 Å². The van der Waals surface area contributed by atoms with Gasteiger partial charge in [0.05, 0.1) is 27.4 Å². The minimum absolute atomic E-state index is 0.185. The third-order valence-electron chi connectivity index (χ3n) is 2.33. The summed E-state index contributed by atoms with van der Waals surface area (Å²) in [4.78, 5) is 4.06. The van der Waals surface area contributed by atoms with Crippen LogP contribution < -0.4 is 0 Å². The van der Waals surface area contributed by atoms with Crippen LogP contribution in [0.4, 0.5) is 0 Å². The van der Waals surface area contributed by atoms with Crippen LogP contribution in [-0.2, 0) is 6.61 Å². The van der Waals surface area contributed by atoms with E-state index in [9.17, 15) is 5.11 Å². The fourth-order valence-corrected chi connectivity index (χ4v) is 2.10. The van der Waals surface area contributed by atoms with Crippen molar-refractivity contribution in [1.29, 1.82) is 0 Å². The van der Waals surface area contributed by atoms with Crippen molar-refractivity contribution in [3.63, 3.8) is 0 Å². The van der Waals surface area contributed by atoms with E-state index in [1.54, 1.807) is 24.3 Å². The van der Waals surface area contributed by atoms with Gasteiger partial charge in [-0.1, -0.05) is 46.9 Å². The maximum absolute atomic E-state index is 9.25. The first-order chi connectivity index (χ1) is 8.13. The van der Waals surface area contributed by atoms with Gasteiger partial charge in [0, 0.05) is 17.3 Å². The van der Waals surface area contributed by atoms with Gasteiger partial charge in [0.15, 0.2) is 0 Å². The maximum atomic E-state index is 9.25. The van der Waals surface area contributed by atoms with Crippen molar-refractivity contribution in [2.75, 3.05) is 0 Å². The smallest absolute Gasteiger partial charge is 0.0859 e. The lowest BCUT2D eigenvalue weighted by molar-refractivity contribution is 0.277. The molecule has 88 valence electrons. The van der Waals surface area contributed by atoms with Crippen molar-refractivity contribution in [2.45, 2.75) is 6.61 Å². The molecule has 0 saturated carbocycles. The van der Waals surface area contributed by atoms with Gasteiger partial charge in [0.25, 0.3) is 0 Å². The zero-order chi connectivity index (χ0) is 12.4. The molecule has 2 nitrogen and oxygen atoms in total. The van der Waals surface area contributed by atoms with E-state index in [1.807, 2.05) is 0 Å². The van der Waals surface area contributed by atoms with Crippen molar-refractivity contribution in [1.82, 2.24) is 4.98 Å². The SMILES string of the molecule is OCc1ncc(Cl)cc1-c1cccc(Cl)c1Cl. The lowest BCUT2D eigenvalue weighted by Crippen LogP contribution is -1.94. The predicted molar refractivity (Wildman–Crippen MR) is 70.6 cm³/mol. The second-order valence-electron chi connectivity index (χ2n) is 3.41. The summed E-state index contributed by atoms with van der Waals surface area (Å²) in [5, 5.41) is 10.6. The molecule has 1 N–H and O–H groups in total. The number of rotatable bonds is 2. The van der Waals surface area contributed by atoms with Crippen LogP contribution in [0.15, 0.2) is 30.5 Å². The van der Waals surface area contributed by atoms with Gasteiger partial charge >= 0.3 is 0 Å². The van der Waals surface area contributed by atoms with Crippen LogP contribution in [0.3, 0.4) is 0 Å². The fraction of sp³-hybridized carbons (Fsp3) is 0.0833. The van der Waals surface area contributed by atoms with E-state index >= 15 is 0 Å². The highest BCUT2D eigenvalue weighted by atomic mass is 35.5. The number of aliphatic hydroxyl groups excluding tert-OH is 1. The molecule has 0 unspecified atom stereocenters. The molecule has 0 saturated heterocycles. The number of aromatic nitrogens is 1. The molecule has 2 rings (SSSR count). The van der Waals surface area contributed by atoms with E-state index < -0.39 is 0 Å². The lowest BCUT2D eigenvalue weighted by atomic mass is 10.0. The summed E-state index contributed by atoms with van der Waals surface area (Å²) in [5.74, 6) is 0. The number of benzene rings is 1. The van der Waals surface area contributed by atoms with Crippen molar-refractivity contribution in [2.24, 2.45) is 0 Å². The highest BCUT2D eigenvalue weighted by Crippen LogP contribution is 2.35. The Labute approximate surface area is 114 Å². The molecule has 0 radical (unpaired) electrons. The first kappa shape index (κ1) is 12.7. The Hall–Kier alpha value is -0.800. The van der Waals surface area contributed by atoms with Gasteiger partial charge in [0.2, 0.25) is 0 Å². The lowest BCUT2D eigenvalue weighted by Gasteiger charge is -2.09. The number of hydrogen-bond acceptors (Lipinski definition) is 2. The van der Waals surface area contributed by atoms with E-state index in [1.165, 1.54) is 6.20 Å². The third kappa shape index (κ3) is 2.55. The summed E-state index contributed by atoms with van der Waals surface area (Å²) in [6.45, 7) is -0.185. The molecule has 5 heteroatoms. The average Bonchev–Trinajstić information content (AvgIpc) is 2.33. The van der Waals surface area contributed by atoms with Gasteiger partial charge in [-0.05, 0) is 12.1 Å². The molecule has 0 fully saturated rings. The van der Waals surface area contributed by atoms with Gasteiger partial charge in [-0.15, -0.1) is 0 Å². The van der Waals surface area contributed by atoms with Gasteiger partial charge in [-0.25, -0.2) is 0 Å². The van der Waals surface area contributed by atoms with E-state index in [0.717, 1.165) is 0 Å². The standard InChI is InChI=1S/C12H8Cl3NO/c13-7-4-9(11(6-17)16-5-7)8-2-1-3-10(14)12(8)15/h1-5,17H,6H2. The molecule has 0 aliphatic rings. The average molecular weight is 289 g/mol. The maximum Gasteiger partial charge on any atom is 0.0859 e. The number of aliphatic hydroxyl groups is 1. The molecule has 0 bridgehead atoms. The van der Waals surface area contributed by atoms with Crippen molar-refractivity contribution < 1.29 is 5.11 Å². The Morgan fingerprint density at radius 2 is 1.88 bits per heavy atom. The Bertz CT molecular complexity index is 557. The zero-order valence-corrected chi connectivity index (χ0v) is 10.9. The van der Waals surface area contributed by atoms with E-state index in [2.05, 4.69) is 4.98 Å².